The van der Waals surface area contributed by atoms with E-state index in [0.717, 1.165) is 27.7 Å². The van der Waals surface area contributed by atoms with Crippen molar-refractivity contribution in [3.63, 3.8) is 0 Å². The van der Waals surface area contributed by atoms with Crippen LogP contribution in [0.15, 0.2) is 22.7 Å². The minimum absolute atomic E-state index is 0.224. The highest BCUT2D eigenvalue weighted by atomic mass is 79.9. The molecule has 104 valence electrons. The molecule has 1 aromatic carbocycles. The molecule has 0 aliphatic heterocycles. The van der Waals surface area contributed by atoms with Gasteiger partial charge in [-0.25, -0.2) is 0 Å². The molecule has 0 spiro atoms. The van der Waals surface area contributed by atoms with Gasteiger partial charge in [0, 0.05) is 28.8 Å². The fraction of sp³-hybridized carbons (Fsp3) is 0.500. The van der Waals surface area contributed by atoms with Gasteiger partial charge in [0.2, 0.25) is 5.91 Å². The van der Waals surface area contributed by atoms with Gasteiger partial charge in [0.15, 0.2) is 0 Å². The normalized spacial score (nSPS) is 14.5. The smallest absolute Gasteiger partial charge is 0.232 e. The lowest BCUT2D eigenvalue weighted by molar-refractivity contribution is -0.127. The van der Waals surface area contributed by atoms with E-state index in [4.69, 9.17) is 11.6 Å². The van der Waals surface area contributed by atoms with Crippen LogP contribution in [-0.2, 0) is 10.5 Å². The molecule has 1 saturated carbocycles. The Kier molecular flexibility index (Phi) is 5.60. The van der Waals surface area contributed by atoms with Crippen LogP contribution >= 0.6 is 39.3 Å². The average molecular weight is 363 g/mol. The van der Waals surface area contributed by atoms with E-state index in [1.807, 2.05) is 30.1 Å². The van der Waals surface area contributed by atoms with E-state index in [2.05, 4.69) is 15.9 Å². The quantitative estimate of drug-likeness (QED) is 0.756. The highest BCUT2D eigenvalue weighted by molar-refractivity contribution is 9.10. The minimum Gasteiger partial charge on any atom is -0.345 e. The van der Waals surface area contributed by atoms with Gasteiger partial charge in [-0.15, -0.1) is 11.8 Å². The second-order valence-electron chi connectivity index (χ2n) is 4.95. The van der Waals surface area contributed by atoms with Gasteiger partial charge in [-0.2, -0.15) is 0 Å². The maximum atomic E-state index is 11.9. The van der Waals surface area contributed by atoms with Gasteiger partial charge in [-0.3, -0.25) is 4.79 Å². The third-order valence-electron chi connectivity index (χ3n) is 3.15. The first kappa shape index (κ1) is 15.2. The Bertz CT molecular complexity index is 465. The summed E-state index contributed by atoms with van der Waals surface area (Å²) in [4.78, 5) is 13.8. The molecule has 0 saturated heterocycles. The SMILES string of the molecule is CN(CC1CC1)C(=O)CSCc1ccc(Cl)cc1Br. The van der Waals surface area contributed by atoms with Crippen LogP contribution in [0.1, 0.15) is 18.4 Å². The fourth-order valence-electron chi connectivity index (χ4n) is 1.79. The third-order valence-corrected chi connectivity index (χ3v) is 5.09. The molecule has 1 fully saturated rings. The Morgan fingerprint density at radius 2 is 2.26 bits per heavy atom. The van der Waals surface area contributed by atoms with Crippen molar-refractivity contribution in [2.24, 2.45) is 5.92 Å². The summed E-state index contributed by atoms with van der Waals surface area (Å²) in [5, 5.41) is 0.723. The largest absolute Gasteiger partial charge is 0.345 e. The van der Waals surface area contributed by atoms with Gasteiger partial charge in [-0.1, -0.05) is 33.6 Å². The summed E-state index contributed by atoms with van der Waals surface area (Å²) in [6.07, 6.45) is 2.56. The van der Waals surface area contributed by atoms with Crippen molar-refractivity contribution < 1.29 is 4.79 Å². The molecule has 1 aliphatic rings. The topological polar surface area (TPSA) is 20.3 Å². The molecule has 2 rings (SSSR count). The van der Waals surface area contributed by atoms with Crippen LogP contribution in [0.25, 0.3) is 0 Å². The van der Waals surface area contributed by atoms with Crippen molar-refractivity contribution in [1.29, 1.82) is 0 Å². The van der Waals surface area contributed by atoms with Crippen LogP contribution < -0.4 is 0 Å². The zero-order valence-electron chi connectivity index (χ0n) is 10.9. The first-order valence-electron chi connectivity index (χ1n) is 6.32. The second-order valence-corrected chi connectivity index (χ2v) is 7.22. The fourth-order valence-corrected chi connectivity index (χ4v) is 3.76. The molecule has 0 aromatic heterocycles. The predicted octanol–water partition coefficient (Wildman–Crippen LogP) is 4.20. The third kappa shape index (κ3) is 5.01. The standard InChI is InChI=1S/C14H17BrClNOS/c1-17(7-10-2-3-10)14(18)9-19-8-11-4-5-12(16)6-13(11)15/h4-6,10H,2-3,7-9H2,1H3. The van der Waals surface area contributed by atoms with Gasteiger partial charge >= 0.3 is 0 Å². The molecule has 0 N–H and O–H groups in total. The molecular weight excluding hydrogens is 346 g/mol. The van der Waals surface area contributed by atoms with Crippen molar-refractivity contribution in [2.75, 3.05) is 19.3 Å². The van der Waals surface area contributed by atoms with Gasteiger partial charge in [0.25, 0.3) is 0 Å². The highest BCUT2D eigenvalue weighted by Gasteiger charge is 2.24. The Morgan fingerprint density at radius 3 is 2.89 bits per heavy atom. The predicted molar refractivity (Wildman–Crippen MR) is 85.7 cm³/mol. The van der Waals surface area contributed by atoms with Crippen LogP contribution in [-0.4, -0.2) is 30.2 Å². The Balaban J connectivity index is 1.74. The lowest BCUT2D eigenvalue weighted by Gasteiger charge is -2.16. The van der Waals surface area contributed by atoms with Gasteiger partial charge in [0.1, 0.15) is 0 Å². The molecule has 1 aromatic rings. The van der Waals surface area contributed by atoms with Crippen LogP contribution in [0.3, 0.4) is 0 Å². The number of halogens is 2. The van der Waals surface area contributed by atoms with Crippen LogP contribution in [0.5, 0.6) is 0 Å². The number of benzene rings is 1. The zero-order chi connectivity index (χ0) is 13.8. The first-order chi connectivity index (χ1) is 9.06. The number of thioether (sulfide) groups is 1. The summed E-state index contributed by atoms with van der Waals surface area (Å²) in [6.45, 7) is 0.921. The summed E-state index contributed by atoms with van der Waals surface area (Å²) in [5.41, 5.74) is 1.17. The van der Waals surface area contributed by atoms with E-state index in [1.54, 1.807) is 11.8 Å². The van der Waals surface area contributed by atoms with Crippen molar-refractivity contribution in [2.45, 2.75) is 18.6 Å². The first-order valence-corrected chi connectivity index (χ1v) is 8.64. The summed E-state index contributed by atoms with van der Waals surface area (Å²) >= 11 is 11.0. The molecule has 0 unspecified atom stereocenters. The van der Waals surface area contributed by atoms with Crippen molar-refractivity contribution >= 4 is 45.2 Å². The van der Waals surface area contributed by atoms with E-state index in [1.165, 1.54) is 18.4 Å². The number of rotatable bonds is 6. The van der Waals surface area contributed by atoms with Crippen molar-refractivity contribution in [1.82, 2.24) is 4.90 Å². The van der Waals surface area contributed by atoms with Crippen molar-refractivity contribution in [3.05, 3.63) is 33.3 Å². The monoisotopic (exact) mass is 361 g/mol. The zero-order valence-corrected chi connectivity index (χ0v) is 14.0. The molecule has 2 nitrogen and oxygen atoms in total. The van der Waals surface area contributed by atoms with Crippen molar-refractivity contribution in [3.8, 4) is 0 Å². The molecule has 0 heterocycles. The number of amides is 1. The number of hydrogen-bond acceptors (Lipinski definition) is 2. The van der Waals surface area contributed by atoms with E-state index >= 15 is 0 Å². The Morgan fingerprint density at radius 1 is 1.53 bits per heavy atom. The summed E-state index contributed by atoms with van der Waals surface area (Å²) in [6, 6.07) is 5.76. The lowest BCUT2D eigenvalue weighted by Crippen LogP contribution is -2.30. The van der Waals surface area contributed by atoms with E-state index in [9.17, 15) is 4.79 Å². The Labute approximate surface area is 132 Å². The molecular formula is C14H17BrClNOS. The molecule has 1 aliphatic carbocycles. The van der Waals surface area contributed by atoms with Gasteiger partial charge in [0.05, 0.1) is 5.75 Å². The molecule has 19 heavy (non-hydrogen) atoms. The number of carbonyl (C=O) groups excluding carboxylic acids is 1. The maximum absolute atomic E-state index is 11.9. The van der Waals surface area contributed by atoms with Gasteiger partial charge < -0.3 is 4.90 Å². The van der Waals surface area contributed by atoms with E-state index in [-0.39, 0.29) is 5.91 Å². The van der Waals surface area contributed by atoms with Crippen LogP contribution in [0.2, 0.25) is 5.02 Å². The van der Waals surface area contributed by atoms with Crippen LogP contribution in [0, 0.1) is 5.92 Å². The van der Waals surface area contributed by atoms with Crippen LogP contribution in [0.4, 0.5) is 0 Å². The number of carbonyl (C=O) groups is 1. The summed E-state index contributed by atoms with van der Waals surface area (Å²) in [7, 11) is 1.90. The van der Waals surface area contributed by atoms with E-state index < -0.39 is 0 Å². The maximum Gasteiger partial charge on any atom is 0.232 e. The lowest BCUT2D eigenvalue weighted by atomic mass is 10.2. The molecule has 5 heteroatoms. The van der Waals surface area contributed by atoms with Gasteiger partial charge in [-0.05, 0) is 36.5 Å². The highest BCUT2D eigenvalue weighted by Crippen LogP contribution is 2.29. The minimum atomic E-state index is 0.224. The second kappa shape index (κ2) is 7.00. The Hall–Kier alpha value is -0.190. The summed E-state index contributed by atoms with van der Waals surface area (Å²) < 4.78 is 1.01. The molecule has 0 atom stereocenters. The number of hydrogen-bond donors (Lipinski definition) is 0. The molecule has 1 amide bonds. The average Bonchev–Trinajstić information content (AvgIpc) is 3.15. The molecule has 0 radical (unpaired) electrons. The van der Waals surface area contributed by atoms with E-state index in [0.29, 0.717) is 5.75 Å². The molecule has 0 bridgehead atoms. The number of nitrogens with zero attached hydrogens (tertiary/aromatic N) is 1. The summed E-state index contributed by atoms with van der Waals surface area (Å²) in [5.74, 6) is 2.34.